The summed E-state index contributed by atoms with van der Waals surface area (Å²) in [6.45, 7) is 3.48. The fourth-order valence-electron chi connectivity index (χ4n) is 1.85. The van der Waals surface area contributed by atoms with E-state index in [0.717, 1.165) is 18.6 Å². The number of carbonyl (C=O) groups is 2. The summed E-state index contributed by atoms with van der Waals surface area (Å²) >= 11 is 0. The number of primary amides is 1. The average molecular weight is 281 g/mol. The summed E-state index contributed by atoms with van der Waals surface area (Å²) in [5.41, 5.74) is 5.21. The number of likely N-dealkylation sites (N-methyl/N-ethyl adjacent to an activating group) is 1. The van der Waals surface area contributed by atoms with Crippen LogP contribution in [0.1, 0.15) is 25.5 Å². The molecule has 0 aliphatic heterocycles. The van der Waals surface area contributed by atoms with Crippen molar-refractivity contribution in [2.24, 2.45) is 5.73 Å². The Morgan fingerprint density at radius 1 is 1.35 bits per heavy atom. The second-order valence-electron chi connectivity index (χ2n) is 4.86. The zero-order valence-electron chi connectivity index (χ0n) is 12.2. The van der Waals surface area contributed by atoms with Crippen LogP contribution in [0.4, 0.5) is 0 Å². The van der Waals surface area contributed by atoms with Crippen molar-refractivity contribution in [3.05, 3.63) is 24.2 Å². The lowest BCUT2D eigenvalue weighted by molar-refractivity contribution is -0.132. The van der Waals surface area contributed by atoms with Gasteiger partial charge in [0.15, 0.2) is 0 Å². The van der Waals surface area contributed by atoms with Gasteiger partial charge in [-0.2, -0.15) is 0 Å². The summed E-state index contributed by atoms with van der Waals surface area (Å²) < 4.78 is 5.21. The van der Waals surface area contributed by atoms with Crippen molar-refractivity contribution in [3.8, 4) is 0 Å². The standard InChI is InChI=1S/C14H23N3O3/c1-3-4-7-17(10-13(15)18)11-14(19)16(2)9-12-6-5-8-20-12/h5-6,8H,3-4,7,9-11H2,1-2H3,(H2,15,18). The van der Waals surface area contributed by atoms with Crippen molar-refractivity contribution in [3.63, 3.8) is 0 Å². The van der Waals surface area contributed by atoms with E-state index >= 15 is 0 Å². The second-order valence-corrected chi connectivity index (χ2v) is 4.86. The van der Waals surface area contributed by atoms with Crippen LogP contribution >= 0.6 is 0 Å². The predicted molar refractivity (Wildman–Crippen MR) is 75.7 cm³/mol. The fraction of sp³-hybridized carbons (Fsp3) is 0.571. The molecule has 2 N–H and O–H groups in total. The van der Waals surface area contributed by atoms with Crippen molar-refractivity contribution in [2.75, 3.05) is 26.7 Å². The first-order valence-electron chi connectivity index (χ1n) is 6.80. The van der Waals surface area contributed by atoms with E-state index in [1.807, 2.05) is 6.07 Å². The number of nitrogens with zero attached hydrogens (tertiary/aromatic N) is 2. The van der Waals surface area contributed by atoms with E-state index in [4.69, 9.17) is 10.2 Å². The number of hydrogen-bond acceptors (Lipinski definition) is 4. The maximum absolute atomic E-state index is 12.1. The molecule has 2 amide bonds. The SMILES string of the molecule is CCCCN(CC(N)=O)CC(=O)N(C)Cc1ccco1. The van der Waals surface area contributed by atoms with E-state index in [9.17, 15) is 9.59 Å². The molecular weight excluding hydrogens is 258 g/mol. The summed E-state index contributed by atoms with van der Waals surface area (Å²) in [4.78, 5) is 26.5. The maximum atomic E-state index is 12.1. The number of amides is 2. The number of nitrogens with two attached hydrogens (primary N) is 1. The van der Waals surface area contributed by atoms with E-state index in [0.29, 0.717) is 13.1 Å². The van der Waals surface area contributed by atoms with Gasteiger partial charge in [-0.3, -0.25) is 14.5 Å². The van der Waals surface area contributed by atoms with Crippen LogP contribution in [0.25, 0.3) is 0 Å². The lowest BCUT2D eigenvalue weighted by atomic mass is 10.3. The molecule has 0 atom stereocenters. The highest BCUT2D eigenvalue weighted by Gasteiger charge is 2.16. The first kappa shape index (κ1) is 16.2. The second kappa shape index (κ2) is 8.37. The molecule has 6 heteroatoms. The van der Waals surface area contributed by atoms with Gasteiger partial charge in [-0.1, -0.05) is 13.3 Å². The first-order valence-corrected chi connectivity index (χ1v) is 6.80. The lowest BCUT2D eigenvalue weighted by Crippen LogP contribution is -2.42. The molecule has 0 saturated carbocycles. The smallest absolute Gasteiger partial charge is 0.236 e. The van der Waals surface area contributed by atoms with E-state index in [-0.39, 0.29) is 19.0 Å². The van der Waals surface area contributed by atoms with Gasteiger partial charge in [-0.15, -0.1) is 0 Å². The molecule has 0 aliphatic carbocycles. The van der Waals surface area contributed by atoms with Crippen LogP contribution < -0.4 is 5.73 Å². The Bertz CT molecular complexity index is 417. The van der Waals surface area contributed by atoms with Gasteiger partial charge < -0.3 is 15.1 Å². The zero-order chi connectivity index (χ0) is 15.0. The minimum atomic E-state index is -0.414. The quantitative estimate of drug-likeness (QED) is 0.727. The first-order chi connectivity index (χ1) is 9.52. The largest absolute Gasteiger partial charge is 0.467 e. The van der Waals surface area contributed by atoms with Gasteiger partial charge in [0.05, 0.1) is 25.9 Å². The Labute approximate surface area is 119 Å². The molecule has 0 aromatic carbocycles. The minimum Gasteiger partial charge on any atom is -0.467 e. The molecule has 0 saturated heterocycles. The Morgan fingerprint density at radius 3 is 2.65 bits per heavy atom. The van der Waals surface area contributed by atoms with Crippen LogP contribution in [-0.4, -0.2) is 48.3 Å². The molecule has 0 unspecified atom stereocenters. The van der Waals surface area contributed by atoms with Crippen LogP contribution in [0, 0.1) is 0 Å². The molecule has 6 nitrogen and oxygen atoms in total. The van der Waals surface area contributed by atoms with Crippen molar-refractivity contribution in [1.82, 2.24) is 9.80 Å². The van der Waals surface area contributed by atoms with Crippen LogP contribution in [0.3, 0.4) is 0 Å². The molecule has 0 radical (unpaired) electrons. The molecule has 1 aromatic rings. The summed E-state index contributed by atoms with van der Waals surface area (Å²) in [6.07, 6.45) is 3.52. The maximum Gasteiger partial charge on any atom is 0.236 e. The minimum absolute atomic E-state index is 0.0567. The Kier molecular flexibility index (Phi) is 6.79. The highest BCUT2D eigenvalue weighted by molar-refractivity contribution is 5.80. The molecule has 0 fully saturated rings. The van der Waals surface area contributed by atoms with Crippen molar-refractivity contribution in [1.29, 1.82) is 0 Å². The van der Waals surface area contributed by atoms with Crippen LogP contribution in [0.15, 0.2) is 22.8 Å². The normalized spacial score (nSPS) is 10.8. The Balaban J connectivity index is 2.48. The number of unbranched alkanes of at least 4 members (excludes halogenated alkanes) is 1. The topological polar surface area (TPSA) is 79.8 Å². The van der Waals surface area contributed by atoms with Gasteiger partial charge in [-0.05, 0) is 25.1 Å². The molecule has 0 aliphatic rings. The Morgan fingerprint density at radius 2 is 2.10 bits per heavy atom. The molecule has 112 valence electrons. The molecule has 1 rings (SSSR count). The van der Waals surface area contributed by atoms with Crippen LogP contribution in [-0.2, 0) is 16.1 Å². The summed E-state index contributed by atoms with van der Waals surface area (Å²) in [5, 5.41) is 0. The van der Waals surface area contributed by atoms with Gasteiger partial charge in [0.2, 0.25) is 11.8 Å². The zero-order valence-corrected chi connectivity index (χ0v) is 12.2. The van der Waals surface area contributed by atoms with E-state index in [1.54, 1.807) is 29.2 Å². The monoisotopic (exact) mass is 281 g/mol. The Hall–Kier alpha value is -1.82. The fourth-order valence-corrected chi connectivity index (χ4v) is 1.85. The summed E-state index contributed by atoms with van der Waals surface area (Å²) in [5.74, 6) is 0.261. The molecule has 0 bridgehead atoms. The third kappa shape index (κ3) is 5.88. The van der Waals surface area contributed by atoms with Gasteiger partial charge >= 0.3 is 0 Å². The third-order valence-electron chi connectivity index (χ3n) is 2.97. The molecule has 0 spiro atoms. The van der Waals surface area contributed by atoms with Crippen molar-refractivity contribution >= 4 is 11.8 Å². The summed E-state index contributed by atoms with van der Waals surface area (Å²) in [6, 6.07) is 3.61. The predicted octanol–water partition coefficient (Wildman–Crippen LogP) is 0.825. The number of furan rings is 1. The number of carbonyl (C=O) groups excluding carboxylic acids is 2. The van der Waals surface area contributed by atoms with Crippen molar-refractivity contribution < 1.29 is 14.0 Å². The van der Waals surface area contributed by atoms with Gasteiger partial charge in [0.1, 0.15) is 5.76 Å². The highest BCUT2D eigenvalue weighted by Crippen LogP contribution is 2.05. The van der Waals surface area contributed by atoms with E-state index < -0.39 is 5.91 Å². The lowest BCUT2D eigenvalue weighted by Gasteiger charge is -2.23. The molecule has 1 aromatic heterocycles. The molecule has 20 heavy (non-hydrogen) atoms. The molecular formula is C14H23N3O3. The number of hydrogen-bond donors (Lipinski definition) is 1. The van der Waals surface area contributed by atoms with Crippen LogP contribution in [0.5, 0.6) is 0 Å². The average Bonchev–Trinajstić information content (AvgIpc) is 2.87. The van der Waals surface area contributed by atoms with E-state index in [2.05, 4.69) is 6.92 Å². The number of rotatable bonds is 9. The van der Waals surface area contributed by atoms with E-state index in [1.165, 1.54) is 0 Å². The summed E-state index contributed by atoms with van der Waals surface area (Å²) in [7, 11) is 1.72. The molecule has 1 heterocycles. The van der Waals surface area contributed by atoms with Crippen molar-refractivity contribution in [2.45, 2.75) is 26.3 Å². The van der Waals surface area contributed by atoms with Crippen LogP contribution in [0.2, 0.25) is 0 Å². The van der Waals surface area contributed by atoms with Gasteiger partial charge in [0, 0.05) is 7.05 Å². The van der Waals surface area contributed by atoms with Gasteiger partial charge in [0.25, 0.3) is 0 Å². The third-order valence-corrected chi connectivity index (χ3v) is 2.97. The van der Waals surface area contributed by atoms with Gasteiger partial charge in [-0.25, -0.2) is 0 Å². The highest BCUT2D eigenvalue weighted by atomic mass is 16.3.